The topological polar surface area (TPSA) is 96.2 Å². The van der Waals surface area contributed by atoms with Crippen molar-refractivity contribution in [3.8, 4) is 28.6 Å². The molecule has 3 aromatic rings. The molecule has 1 saturated heterocycles. The van der Waals surface area contributed by atoms with Gasteiger partial charge in [0.1, 0.15) is 0 Å². The van der Waals surface area contributed by atoms with Crippen LogP contribution in [0, 0.1) is 6.92 Å². The zero-order valence-electron chi connectivity index (χ0n) is 18.2. The summed E-state index contributed by atoms with van der Waals surface area (Å²) in [4.78, 5) is 19.0. The smallest absolute Gasteiger partial charge is 0.260 e. The minimum atomic E-state index is -0.501. The molecule has 0 radical (unpaired) electrons. The number of para-hydroxylation sites is 1. The molecule has 168 valence electrons. The second-order valence-corrected chi connectivity index (χ2v) is 7.25. The van der Waals surface area contributed by atoms with E-state index in [0.717, 1.165) is 11.1 Å². The van der Waals surface area contributed by atoms with Crippen molar-refractivity contribution in [2.45, 2.75) is 13.0 Å². The van der Waals surface area contributed by atoms with Crippen molar-refractivity contribution in [3.05, 3.63) is 53.9 Å². The molecule has 0 spiro atoms. The molecule has 0 N–H and O–H groups in total. The van der Waals surface area contributed by atoms with Crippen LogP contribution in [0.2, 0.25) is 0 Å². The fraction of sp³-hybridized carbons (Fsp3) is 0.348. The molecule has 0 bridgehead atoms. The molecule has 1 unspecified atom stereocenters. The molecule has 1 aliphatic heterocycles. The predicted molar refractivity (Wildman–Crippen MR) is 115 cm³/mol. The maximum atomic E-state index is 12.8. The average molecular weight is 439 g/mol. The molecule has 9 nitrogen and oxygen atoms in total. The lowest BCUT2D eigenvalue weighted by molar-refractivity contribution is -0.142. The van der Waals surface area contributed by atoms with Crippen LogP contribution in [0.4, 0.5) is 0 Å². The van der Waals surface area contributed by atoms with Crippen LogP contribution in [0.15, 0.2) is 47.0 Å². The van der Waals surface area contributed by atoms with Crippen molar-refractivity contribution >= 4 is 5.91 Å². The predicted octanol–water partition coefficient (Wildman–Crippen LogP) is 3.04. The fourth-order valence-electron chi connectivity index (χ4n) is 3.51. The van der Waals surface area contributed by atoms with E-state index in [1.165, 1.54) is 14.2 Å². The number of benzene rings is 2. The van der Waals surface area contributed by atoms with E-state index in [-0.39, 0.29) is 12.5 Å². The third kappa shape index (κ3) is 4.52. The highest BCUT2D eigenvalue weighted by atomic mass is 16.5. The van der Waals surface area contributed by atoms with Gasteiger partial charge in [0.25, 0.3) is 11.8 Å². The van der Waals surface area contributed by atoms with Gasteiger partial charge in [-0.3, -0.25) is 4.79 Å². The van der Waals surface area contributed by atoms with Gasteiger partial charge in [-0.05, 0) is 24.6 Å². The van der Waals surface area contributed by atoms with E-state index in [9.17, 15) is 4.79 Å². The number of aryl methyl sites for hydroxylation is 1. The Labute approximate surface area is 185 Å². The number of ether oxygens (including phenoxy) is 4. The van der Waals surface area contributed by atoms with E-state index in [4.69, 9.17) is 23.5 Å². The van der Waals surface area contributed by atoms with Gasteiger partial charge in [-0.1, -0.05) is 35.5 Å². The Bertz CT molecular complexity index is 1060. The number of carbonyl (C=O) groups excluding carboxylic acids is 1. The van der Waals surface area contributed by atoms with Crippen LogP contribution in [-0.2, 0) is 9.53 Å². The molecule has 1 aromatic heterocycles. The van der Waals surface area contributed by atoms with Gasteiger partial charge in [0.15, 0.2) is 24.2 Å². The molecular weight excluding hydrogens is 414 g/mol. The van der Waals surface area contributed by atoms with E-state index < -0.39 is 6.10 Å². The second kappa shape index (κ2) is 9.69. The zero-order valence-corrected chi connectivity index (χ0v) is 18.2. The molecule has 1 aliphatic rings. The first-order chi connectivity index (χ1) is 15.6. The van der Waals surface area contributed by atoms with Gasteiger partial charge < -0.3 is 28.4 Å². The van der Waals surface area contributed by atoms with Crippen LogP contribution in [0.25, 0.3) is 11.4 Å². The molecular formula is C23H25N3O6. The Morgan fingerprint density at radius 1 is 1.12 bits per heavy atom. The summed E-state index contributed by atoms with van der Waals surface area (Å²) in [5.74, 6) is 2.02. The summed E-state index contributed by atoms with van der Waals surface area (Å²) in [5, 5.41) is 4.08. The van der Waals surface area contributed by atoms with Gasteiger partial charge >= 0.3 is 0 Å². The fourth-order valence-corrected chi connectivity index (χ4v) is 3.51. The number of nitrogens with zero attached hydrogens (tertiary/aromatic N) is 3. The number of rotatable bonds is 7. The SMILES string of the molecule is COc1cccc(OC)c1OCC(=O)N1CCOC(c2nc(-c3ccccc3C)no2)C1. The maximum absolute atomic E-state index is 12.8. The van der Waals surface area contributed by atoms with Gasteiger partial charge in [0, 0.05) is 12.1 Å². The molecule has 1 atom stereocenters. The number of morpholine rings is 1. The third-order valence-corrected chi connectivity index (χ3v) is 5.24. The average Bonchev–Trinajstić information content (AvgIpc) is 3.32. The van der Waals surface area contributed by atoms with E-state index in [1.807, 2.05) is 31.2 Å². The van der Waals surface area contributed by atoms with E-state index in [0.29, 0.717) is 48.7 Å². The Hall–Kier alpha value is -3.59. The normalized spacial score (nSPS) is 16.0. The first kappa shape index (κ1) is 21.6. The maximum Gasteiger partial charge on any atom is 0.260 e. The molecule has 9 heteroatoms. The summed E-state index contributed by atoms with van der Waals surface area (Å²) in [6, 6.07) is 13.1. The molecule has 2 heterocycles. The quantitative estimate of drug-likeness (QED) is 0.554. The third-order valence-electron chi connectivity index (χ3n) is 5.24. The Kier molecular flexibility index (Phi) is 6.55. The number of aromatic nitrogens is 2. The van der Waals surface area contributed by atoms with Crippen LogP contribution in [0.3, 0.4) is 0 Å². The molecule has 2 aromatic carbocycles. The summed E-state index contributed by atoms with van der Waals surface area (Å²) >= 11 is 0. The lowest BCUT2D eigenvalue weighted by Gasteiger charge is -2.31. The number of amides is 1. The summed E-state index contributed by atoms with van der Waals surface area (Å²) in [5.41, 5.74) is 1.94. The second-order valence-electron chi connectivity index (χ2n) is 7.25. The van der Waals surface area contributed by atoms with Crippen molar-refractivity contribution in [1.29, 1.82) is 0 Å². The largest absolute Gasteiger partial charge is 0.493 e. The van der Waals surface area contributed by atoms with Gasteiger partial charge in [-0.15, -0.1) is 0 Å². The molecule has 32 heavy (non-hydrogen) atoms. The van der Waals surface area contributed by atoms with Gasteiger partial charge in [0.05, 0.1) is 27.4 Å². The lowest BCUT2D eigenvalue weighted by atomic mass is 10.1. The van der Waals surface area contributed by atoms with Crippen molar-refractivity contribution in [1.82, 2.24) is 15.0 Å². The molecule has 4 rings (SSSR count). The summed E-state index contributed by atoms with van der Waals surface area (Å²) in [6.07, 6.45) is -0.501. The number of hydrogen-bond acceptors (Lipinski definition) is 8. The van der Waals surface area contributed by atoms with E-state index >= 15 is 0 Å². The van der Waals surface area contributed by atoms with E-state index in [1.54, 1.807) is 23.1 Å². The highest BCUT2D eigenvalue weighted by Gasteiger charge is 2.30. The summed E-state index contributed by atoms with van der Waals surface area (Å²) in [7, 11) is 3.07. The van der Waals surface area contributed by atoms with Crippen molar-refractivity contribution < 1.29 is 28.3 Å². The first-order valence-corrected chi connectivity index (χ1v) is 10.2. The number of carbonyl (C=O) groups is 1. The Morgan fingerprint density at radius 3 is 2.59 bits per heavy atom. The Morgan fingerprint density at radius 2 is 1.88 bits per heavy atom. The van der Waals surface area contributed by atoms with E-state index in [2.05, 4.69) is 10.1 Å². The molecule has 0 aliphatic carbocycles. The number of methoxy groups -OCH3 is 2. The zero-order chi connectivity index (χ0) is 22.5. The minimum Gasteiger partial charge on any atom is -0.493 e. The van der Waals surface area contributed by atoms with Crippen LogP contribution < -0.4 is 14.2 Å². The van der Waals surface area contributed by atoms with Gasteiger partial charge in [-0.2, -0.15) is 4.98 Å². The van der Waals surface area contributed by atoms with Crippen molar-refractivity contribution in [3.63, 3.8) is 0 Å². The highest BCUT2D eigenvalue weighted by Crippen LogP contribution is 2.36. The molecule has 0 saturated carbocycles. The highest BCUT2D eigenvalue weighted by molar-refractivity contribution is 5.78. The summed E-state index contributed by atoms with van der Waals surface area (Å²) in [6.45, 7) is 2.92. The van der Waals surface area contributed by atoms with Crippen LogP contribution >= 0.6 is 0 Å². The van der Waals surface area contributed by atoms with Crippen molar-refractivity contribution in [2.75, 3.05) is 40.5 Å². The Balaban J connectivity index is 1.42. The summed E-state index contributed by atoms with van der Waals surface area (Å²) < 4.78 is 27.6. The van der Waals surface area contributed by atoms with Crippen LogP contribution in [0.1, 0.15) is 17.6 Å². The van der Waals surface area contributed by atoms with Crippen LogP contribution in [0.5, 0.6) is 17.2 Å². The van der Waals surface area contributed by atoms with Gasteiger partial charge in [0.2, 0.25) is 11.6 Å². The number of hydrogen-bond donors (Lipinski definition) is 0. The van der Waals surface area contributed by atoms with Crippen molar-refractivity contribution in [2.24, 2.45) is 0 Å². The van der Waals surface area contributed by atoms with Crippen LogP contribution in [-0.4, -0.2) is 61.5 Å². The minimum absolute atomic E-state index is 0.165. The first-order valence-electron chi connectivity index (χ1n) is 10.2. The standard InChI is InChI=1S/C23H25N3O6/c1-15-7-4-5-8-16(15)22-24-23(32-25-22)19-13-26(11-12-30-19)20(27)14-31-21-17(28-2)9-6-10-18(21)29-3/h4-10,19H,11-14H2,1-3H3. The molecule has 1 amide bonds. The molecule has 1 fully saturated rings. The lowest BCUT2D eigenvalue weighted by Crippen LogP contribution is -2.44. The van der Waals surface area contributed by atoms with Gasteiger partial charge in [-0.25, -0.2) is 0 Å². The monoisotopic (exact) mass is 439 g/mol.